The molecule has 0 bridgehead atoms. The Morgan fingerprint density at radius 3 is 2.14 bits per heavy atom. The van der Waals surface area contributed by atoms with Crippen molar-refractivity contribution in [1.29, 1.82) is 0 Å². The molecule has 184 valence electrons. The maximum absolute atomic E-state index is 13.2. The number of benzene rings is 3. The molecule has 4 rings (SSSR count). The first kappa shape index (κ1) is 24.4. The maximum atomic E-state index is 13.2. The number of nitrogens with zero attached hydrogens (tertiary/aromatic N) is 2. The molecule has 0 atom stereocenters. The third-order valence-electron chi connectivity index (χ3n) is 6.01. The molecule has 7 heteroatoms. The van der Waals surface area contributed by atoms with Gasteiger partial charge in [0.1, 0.15) is 6.61 Å². The van der Waals surface area contributed by atoms with Gasteiger partial charge in [-0.3, -0.25) is 4.79 Å². The summed E-state index contributed by atoms with van der Waals surface area (Å²) in [4.78, 5) is 17.2. The number of methoxy groups -OCH3 is 2. The van der Waals surface area contributed by atoms with E-state index < -0.39 is 0 Å². The van der Waals surface area contributed by atoms with Crippen LogP contribution in [0, 0.1) is 0 Å². The topological polar surface area (TPSA) is 60.5 Å². The second-order valence-corrected chi connectivity index (χ2v) is 8.41. The van der Waals surface area contributed by atoms with Crippen molar-refractivity contribution in [2.24, 2.45) is 0 Å². The molecule has 0 spiro atoms. The van der Waals surface area contributed by atoms with Gasteiger partial charge in [0.2, 0.25) is 5.75 Å². The summed E-state index contributed by atoms with van der Waals surface area (Å²) < 4.78 is 22.5. The monoisotopic (exact) mass is 476 g/mol. The van der Waals surface area contributed by atoms with Crippen molar-refractivity contribution in [2.45, 2.75) is 13.2 Å². The van der Waals surface area contributed by atoms with E-state index >= 15 is 0 Å². The van der Waals surface area contributed by atoms with E-state index in [2.05, 4.69) is 29.2 Å². The highest BCUT2D eigenvalue weighted by atomic mass is 16.5. The van der Waals surface area contributed by atoms with E-state index in [1.165, 1.54) is 5.69 Å². The second-order valence-electron chi connectivity index (χ2n) is 8.41. The fourth-order valence-electron chi connectivity index (χ4n) is 4.08. The standard InChI is InChI=1S/C28H32N2O5/c1-29(19-21-9-11-24(12-10-21)30-13-15-34-16-14-30)28(31)23-17-25(32-2)27(26(18-23)33-3)35-20-22-7-5-4-6-8-22/h4-12,17-18H,13-16,19-20H2,1-3H3. The fourth-order valence-corrected chi connectivity index (χ4v) is 4.08. The average Bonchev–Trinajstić information content (AvgIpc) is 2.92. The summed E-state index contributed by atoms with van der Waals surface area (Å²) in [5.74, 6) is 1.24. The van der Waals surface area contributed by atoms with Crippen LogP contribution in [0.3, 0.4) is 0 Å². The van der Waals surface area contributed by atoms with E-state index in [1.807, 2.05) is 30.3 Å². The van der Waals surface area contributed by atoms with Crippen molar-refractivity contribution in [1.82, 2.24) is 4.90 Å². The number of hydrogen-bond acceptors (Lipinski definition) is 6. The minimum absolute atomic E-state index is 0.131. The first-order chi connectivity index (χ1) is 17.1. The first-order valence-electron chi connectivity index (χ1n) is 11.7. The molecule has 7 nitrogen and oxygen atoms in total. The Morgan fingerprint density at radius 1 is 0.914 bits per heavy atom. The van der Waals surface area contributed by atoms with Gasteiger partial charge in [-0.15, -0.1) is 0 Å². The molecule has 3 aromatic carbocycles. The third kappa shape index (κ3) is 6.05. The Bertz CT molecular complexity index is 1090. The van der Waals surface area contributed by atoms with Crippen LogP contribution in [-0.4, -0.2) is 58.4 Å². The number of amides is 1. The molecule has 0 unspecified atom stereocenters. The Labute approximate surface area is 206 Å². The van der Waals surface area contributed by atoms with Crippen LogP contribution in [0.5, 0.6) is 17.2 Å². The molecule has 3 aromatic rings. The van der Waals surface area contributed by atoms with Gasteiger partial charge >= 0.3 is 0 Å². The van der Waals surface area contributed by atoms with Gasteiger partial charge < -0.3 is 28.7 Å². The van der Waals surface area contributed by atoms with Crippen molar-refractivity contribution in [3.63, 3.8) is 0 Å². The molecule has 35 heavy (non-hydrogen) atoms. The lowest BCUT2D eigenvalue weighted by Crippen LogP contribution is -2.36. The molecule has 0 aliphatic carbocycles. The molecular weight excluding hydrogens is 444 g/mol. The molecule has 0 saturated carbocycles. The van der Waals surface area contributed by atoms with Crippen LogP contribution in [0.2, 0.25) is 0 Å². The van der Waals surface area contributed by atoms with Gasteiger partial charge in [0, 0.05) is 37.9 Å². The molecule has 1 heterocycles. The zero-order valence-electron chi connectivity index (χ0n) is 20.5. The lowest BCUT2D eigenvalue weighted by Gasteiger charge is -2.29. The molecule has 1 aliphatic rings. The van der Waals surface area contributed by atoms with Crippen LogP contribution >= 0.6 is 0 Å². The quantitative estimate of drug-likeness (QED) is 0.457. The van der Waals surface area contributed by atoms with Crippen LogP contribution in [0.15, 0.2) is 66.7 Å². The maximum Gasteiger partial charge on any atom is 0.254 e. The smallest absolute Gasteiger partial charge is 0.254 e. The molecule has 1 amide bonds. The van der Waals surface area contributed by atoms with Crippen LogP contribution in [0.1, 0.15) is 21.5 Å². The van der Waals surface area contributed by atoms with Crippen LogP contribution in [0.25, 0.3) is 0 Å². The molecule has 0 radical (unpaired) electrons. The van der Waals surface area contributed by atoms with Crippen molar-refractivity contribution in [2.75, 3.05) is 52.5 Å². The summed E-state index contributed by atoms with van der Waals surface area (Å²) in [5, 5.41) is 0. The average molecular weight is 477 g/mol. The molecule has 1 saturated heterocycles. The van der Waals surface area contributed by atoms with Gasteiger partial charge in [-0.1, -0.05) is 42.5 Å². The van der Waals surface area contributed by atoms with E-state index in [9.17, 15) is 4.79 Å². The number of hydrogen-bond donors (Lipinski definition) is 0. The normalized spacial score (nSPS) is 13.3. The third-order valence-corrected chi connectivity index (χ3v) is 6.01. The van der Waals surface area contributed by atoms with Crippen LogP contribution in [0.4, 0.5) is 5.69 Å². The van der Waals surface area contributed by atoms with E-state index in [1.54, 1.807) is 38.3 Å². The zero-order valence-corrected chi connectivity index (χ0v) is 20.5. The molecule has 1 fully saturated rings. The molecule has 0 N–H and O–H groups in total. The van der Waals surface area contributed by atoms with E-state index in [0.717, 1.165) is 37.4 Å². The predicted octanol–water partition coefficient (Wildman–Crippen LogP) is 4.39. The molecule has 1 aliphatic heterocycles. The summed E-state index contributed by atoms with van der Waals surface area (Å²) in [6.45, 7) is 4.14. The highest BCUT2D eigenvalue weighted by Crippen LogP contribution is 2.39. The van der Waals surface area contributed by atoms with Gasteiger partial charge in [0.05, 0.1) is 27.4 Å². The van der Waals surface area contributed by atoms with Crippen LogP contribution < -0.4 is 19.1 Å². The zero-order chi connectivity index (χ0) is 24.6. The lowest BCUT2D eigenvalue weighted by molar-refractivity contribution is 0.0784. The lowest BCUT2D eigenvalue weighted by atomic mass is 10.1. The van der Waals surface area contributed by atoms with Gasteiger partial charge in [-0.05, 0) is 35.4 Å². The number of ether oxygens (including phenoxy) is 4. The van der Waals surface area contributed by atoms with Crippen molar-refractivity contribution in [3.05, 3.63) is 83.4 Å². The minimum atomic E-state index is -0.131. The predicted molar refractivity (Wildman–Crippen MR) is 136 cm³/mol. The summed E-state index contributed by atoms with van der Waals surface area (Å²) >= 11 is 0. The van der Waals surface area contributed by atoms with Crippen LogP contribution in [-0.2, 0) is 17.9 Å². The highest BCUT2D eigenvalue weighted by molar-refractivity contribution is 5.95. The minimum Gasteiger partial charge on any atom is -0.493 e. The van der Waals surface area contributed by atoms with Crippen molar-refractivity contribution >= 4 is 11.6 Å². The van der Waals surface area contributed by atoms with Crippen molar-refractivity contribution in [3.8, 4) is 17.2 Å². The van der Waals surface area contributed by atoms with Gasteiger partial charge in [-0.2, -0.15) is 0 Å². The summed E-state index contributed by atoms with van der Waals surface area (Å²) in [5.41, 5.74) is 3.72. The Balaban J connectivity index is 1.45. The molecular formula is C28H32N2O5. The first-order valence-corrected chi connectivity index (χ1v) is 11.7. The largest absolute Gasteiger partial charge is 0.493 e. The summed E-state index contributed by atoms with van der Waals surface area (Å²) in [6.07, 6.45) is 0. The van der Waals surface area contributed by atoms with E-state index in [0.29, 0.717) is 36.0 Å². The second kappa shape index (κ2) is 11.6. The van der Waals surface area contributed by atoms with E-state index in [-0.39, 0.29) is 5.91 Å². The van der Waals surface area contributed by atoms with E-state index in [4.69, 9.17) is 18.9 Å². The number of rotatable bonds is 9. The Morgan fingerprint density at radius 2 is 1.54 bits per heavy atom. The Hall–Kier alpha value is -3.71. The number of carbonyl (C=O) groups excluding carboxylic acids is 1. The van der Waals surface area contributed by atoms with Gasteiger partial charge in [-0.25, -0.2) is 0 Å². The fraction of sp³-hybridized carbons (Fsp3) is 0.321. The van der Waals surface area contributed by atoms with Gasteiger partial charge in [0.15, 0.2) is 11.5 Å². The summed E-state index contributed by atoms with van der Waals surface area (Å²) in [7, 11) is 4.90. The number of morpholine rings is 1. The Kier molecular flexibility index (Phi) is 8.11. The SMILES string of the molecule is COc1cc(C(=O)N(C)Cc2ccc(N3CCOCC3)cc2)cc(OC)c1OCc1ccccc1. The number of anilines is 1. The van der Waals surface area contributed by atoms with Gasteiger partial charge in [0.25, 0.3) is 5.91 Å². The number of carbonyl (C=O) groups is 1. The summed E-state index contributed by atoms with van der Waals surface area (Å²) in [6, 6.07) is 21.6. The van der Waals surface area contributed by atoms with Crippen molar-refractivity contribution < 1.29 is 23.7 Å². The molecule has 0 aromatic heterocycles. The highest BCUT2D eigenvalue weighted by Gasteiger charge is 2.20.